The Hall–Kier alpha value is -1.55. The minimum Gasteiger partial charge on any atom is -0.372 e. The molecule has 1 amide bonds. The second-order valence-corrected chi connectivity index (χ2v) is 6.93. The minimum absolute atomic E-state index is 0.0868. The summed E-state index contributed by atoms with van der Waals surface area (Å²) >= 11 is 0. The van der Waals surface area contributed by atoms with Gasteiger partial charge >= 0.3 is 0 Å². The first-order valence-corrected chi connectivity index (χ1v) is 8.69. The lowest BCUT2D eigenvalue weighted by atomic mass is 10.1. The van der Waals surface area contributed by atoms with Crippen molar-refractivity contribution >= 4 is 11.6 Å². The van der Waals surface area contributed by atoms with E-state index in [0.29, 0.717) is 6.04 Å². The Balaban J connectivity index is 1.38. The molecule has 4 heteroatoms. The Labute approximate surface area is 132 Å². The van der Waals surface area contributed by atoms with Crippen molar-refractivity contribution in [1.82, 2.24) is 10.2 Å². The van der Waals surface area contributed by atoms with E-state index in [1.54, 1.807) is 0 Å². The average molecular weight is 299 g/mol. The van der Waals surface area contributed by atoms with Crippen LogP contribution in [0.15, 0.2) is 24.3 Å². The first-order chi connectivity index (χ1) is 10.8. The molecule has 1 aromatic rings. The van der Waals surface area contributed by atoms with E-state index in [-0.39, 0.29) is 5.91 Å². The molecule has 1 atom stereocenters. The maximum Gasteiger partial charge on any atom is 0.251 e. The summed E-state index contributed by atoms with van der Waals surface area (Å²) in [5.41, 5.74) is 1.99. The molecule has 0 spiro atoms. The Morgan fingerprint density at radius 1 is 1.09 bits per heavy atom. The molecule has 0 radical (unpaired) electrons. The van der Waals surface area contributed by atoms with Gasteiger partial charge in [-0.1, -0.05) is 6.07 Å². The molecule has 22 heavy (non-hydrogen) atoms. The Morgan fingerprint density at radius 3 is 2.68 bits per heavy atom. The monoisotopic (exact) mass is 299 g/mol. The van der Waals surface area contributed by atoms with Gasteiger partial charge in [-0.3, -0.25) is 9.69 Å². The average Bonchev–Trinajstić information content (AvgIpc) is 3.06. The van der Waals surface area contributed by atoms with Crippen LogP contribution in [0.5, 0.6) is 0 Å². The second-order valence-electron chi connectivity index (χ2n) is 6.93. The van der Waals surface area contributed by atoms with Gasteiger partial charge in [0.25, 0.3) is 5.91 Å². The maximum atomic E-state index is 12.5. The minimum atomic E-state index is 0.0868. The van der Waals surface area contributed by atoms with Gasteiger partial charge in [-0.25, -0.2) is 0 Å². The van der Waals surface area contributed by atoms with Gasteiger partial charge in [-0.2, -0.15) is 0 Å². The predicted octanol–water partition coefficient (Wildman–Crippen LogP) is 2.25. The number of nitrogens with zero attached hydrogens (tertiary/aromatic N) is 2. The quantitative estimate of drug-likeness (QED) is 0.926. The van der Waals surface area contributed by atoms with Crippen LogP contribution in [0.25, 0.3) is 0 Å². The molecule has 3 fully saturated rings. The lowest BCUT2D eigenvalue weighted by Crippen LogP contribution is -2.37. The number of likely N-dealkylation sites (tertiary alicyclic amines) is 1. The first kappa shape index (κ1) is 14.1. The molecule has 2 aliphatic heterocycles. The van der Waals surface area contributed by atoms with Crippen molar-refractivity contribution in [3.05, 3.63) is 29.8 Å². The van der Waals surface area contributed by atoms with Gasteiger partial charge in [0.1, 0.15) is 0 Å². The highest BCUT2D eigenvalue weighted by Gasteiger charge is 2.34. The van der Waals surface area contributed by atoms with Crippen molar-refractivity contribution in [2.75, 3.05) is 31.1 Å². The molecule has 2 heterocycles. The van der Waals surface area contributed by atoms with Crippen LogP contribution < -0.4 is 10.2 Å². The van der Waals surface area contributed by atoms with E-state index in [1.165, 1.54) is 31.4 Å². The molecule has 2 saturated heterocycles. The van der Waals surface area contributed by atoms with Crippen molar-refractivity contribution in [2.24, 2.45) is 0 Å². The molecule has 0 aromatic heterocycles. The Kier molecular flexibility index (Phi) is 3.78. The number of amides is 1. The fraction of sp³-hybridized carbons (Fsp3) is 0.611. The second kappa shape index (κ2) is 5.92. The summed E-state index contributed by atoms with van der Waals surface area (Å²) in [5, 5.41) is 3.23. The zero-order valence-corrected chi connectivity index (χ0v) is 13.1. The number of rotatable bonds is 4. The lowest BCUT2D eigenvalue weighted by Gasteiger charge is -2.19. The van der Waals surface area contributed by atoms with Gasteiger partial charge in [-0.05, 0) is 50.3 Å². The largest absolute Gasteiger partial charge is 0.372 e. The fourth-order valence-corrected chi connectivity index (χ4v) is 3.76. The predicted molar refractivity (Wildman–Crippen MR) is 88.4 cm³/mol. The molecular formula is C18H25N3O. The SMILES string of the molecule is O=C(N[C@H]1CCN(C2CC2)C1)c1cccc(N2CCCC2)c1. The summed E-state index contributed by atoms with van der Waals surface area (Å²) in [6, 6.07) is 9.24. The van der Waals surface area contributed by atoms with Crippen molar-refractivity contribution in [3.63, 3.8) is 0 Å². The van der Waals surface area contributed by atoms with Gasteiger partial charge < -0.3 is 10.2 Å². The third kappa shape index (κ3) is 2.98. The van der Waals surface area contributed by atoms with Gasteiger partial charge in [0, 0.05) is 49.5 Å². The molecular weight excluding hydrogens is 274 g/mol. The molecule has 0 unspecified atom stereocenters. The van der Waals surface area contributed by atoms with E-state index in [2.05, 4.69) is 21.2 Å². The van der Waals surface area contributed by atoms with E-state index in [0.717, 1.165) is 44.2 Å². The summed E-state index contributed by atoms with van der Waals surface area (Å²) < 4.78 is 0. The summed E-state index contributed by atoms with van der Waals surface area (Å²) in [6.45, 7) is 4.40. The van der Waals surface area contributed by atoms with Crippen molar-refractivity contribution in [2.45, 2.75) is 44.2 Å². The summed E-state index contributed by atoms with van der Waals surface area (Å²) in [6.07, 6.45) is 6.30. The number of benzene rings is 1. The molecule has 1 aliphatic carbocycles. The van der Waals surface area contributed by atoms with Crippen LogP contribution in [-0.4, -0.2) is 49.1 Å². The number of nitrogens with one attached hydrogen (secondary N) is 1. The zero-order valence-electron chi connectivity index (χ0n) is 13.1. The summed E-state index contributed by atoms with van der Waals surface area (Å²) in [7, 11) is 0. The first-order valence-electron chi connectivity index (χ1n) is 8.69. The normalized spacial score (nSPS) is 25.6. The standard InChI is InChI=1S/C18H25N3O/c22-18(19-15-8-11-21(13-15)16-6-7-16)14-4-3-5-17(12-14)20-9-1-2-10-20/h3-5,12,15-16H,1-2,6-11,13H2,(H,19,22)/t15-/m0/s1. The van der Waals surface area contributed by atoms with Crippen molar-refractivity contribution in [3.8, 4) is 0 Å². The van der Waals surface area contributed by atoms with Crippen LogP contribution in [-0.2, 0) is 0 Å². The highest BCUT2D eigenvalue weighted by atomic mass is 16.1. The third-order valence-corrected chi connectivity index (χ3v) is 5.20. The topological polar surface area (TPSA) is 35.6 Å². The molecule has 1 N–H and O–H groups in total. The molecule has 4 rings (SSSR count). The number of anilines is 1. The van der Waals surface area contributed by atoms with Crippen LogP contribution in [0.4, 0.5) is 5.69 Å². The Morgan fingerprint density at radius 2 is 1.91 bits per heavy atom. The molecule has 4 nitrogen and oxygen atoms in total. The van der Waals surface area contributed by atoms with Gasteiger partial charge in [0.05, 0.1) is 0 Å². The zero-order chi connectivity index (χ0) is 14.9. The summed E-state index contributed by atoms with van der Waals surface area (Å²) in [4.78, 5) is 17.4. The maximum absolute atomic E-state index is 12.5. The van der Waals surface area contributed by atoms with Crippen LogP contribution in [0.3, 0.4) is 0 Å². The van der Waals surface area contributed by atoms with Gasteiger partial charge in [0.15, 0.2) is 0 Å². The number of carbonyl (C=O) groups is 1. The highest BCUT2D eigenvalue weighted by Crippen LogP contribution is 2.30. The molecule has 118 valence electrons. The van der Waals surface area contributed by atoms with E-state index in [9.17, 15) is 4.79 Å². The third-order valence-electron chi connectivity index (χ3n) is 5.20. The van der Waals surface area contributed by atoms with E-state index in [4.69, 9.17) is 0 Å². The van der Waals surface area contributed by atoms with Crippen molar-refractivity contribution < 1.29 is 4.79 Å². The molecule has 3 aliphatic rings. The fourth-order valence-electron chi connectivity index (χ4n) is 3.76. The van der Waals surface area contributed by atoms with Crippen LogP contribution in [0.2, 0.25) is 0 Å². The number of hydrogen-bond donors (Lipinski definition) is 1. The van der Waals surface area contributed by atoms with Crippen LogP contribution in [0.1, 0.15) is 42.5 Å². The van der Waals surface area contributed by atoms with E-state index >= 15 is 0 Å². The van der Waals surface area contributed by atoms with Crippen LogP contribution >= 0.6 is 0 Å². The van der Waals surface area contributed by atoms with Gasteiger partial charge in [0.2, 0.25) is 0 Å². The number of carbonyl (C=O) groups excluding carboxylic acids is 1. The molecule has 0 bridgehead atoms. The highest BCUT2D eigenvalue weighted by molar-refractivity contribution is 5.95. The summed E-state index contributed by atoms with van der Waals surface area (Å²) in [5.74, 6) is 0.0868. The molecule has 1 aromatic carbocycles. The van der Waals surface area contributed by atoms with Gasteiger partial charge in [-0.15, -0.1) is 0 Å². The van der Waals surface area contributed by atoms with Crippen molar-refractivity contribution in [1.29, 1.82) is 0 Å². The smallest absolute Gasteiger partial charge is 0.251 e. The number of hydrogen-bond acceptors (Lipinski definition) is 3. The Bertz CT molecular complexity index is 549. The van der Waals surface area contributed by atoms with E-state index < -0.39 is 0 Å². The van der Waals surface area contributed by atoms with Crippen LogP contribution in [0, 0.1) is 0 Å². The lowest BCUT2D eigenvalue weighted by molar-refractivity contribution is 0.0937. The molecule has 1 saturated carbocycles. The van der Waals surface area contributed by atoms with E-state index in [1.807, 2.05) is 18.2 Å².